The van der Waals surface area contributed by atoms with Gasteiger partial charge in [-0.05, 0) is 48.0 Å². The van der Waals surface area contributed by atoms with Crippen LogP contribution in [0.25, 0.3) is 0 Å². The Kier molecular flexibility index (Phi) is 5.52. The number of benzene rings is 2. The van der Waals surface area contributed by atoms with E-state index in [1.54, 1.807) is 55.6 Å². The Labute approximate surface area is 134 Å². The number of nitrogens with one attached hydrogen (secondary N) is 1. The van der Waals surface area contributed by atoms with Crippen LogP contribution in [-0.4, -0.2) is 19.0 Å². The predicted molar refractivity (Wildman–Crippen MR) is 86.4 cm³/mol. The predicted octanol–water partition coefficient (Wildman–Crippen LogP) is 2.72. The zero-order chi connectivity index (χ0) is 16.7. The Morgan fingerprint density at radius 1 is 1.04 bits per heavy atom. The maximum absolute atomic E-state index is 12.1. The molecular formula is C18H17NO4. The van der Waals surface area contributed by atoms with E-state index in [1.165, 1.54) is 6.08 Å². The third-order valence-corrected chi connectivity index (χ3v) is 3.11. The summed E-state index contributed by atoms with van der Waals surface area (Å²) in [4.78, 5) is 23.2. The van der Waals surface area contributed by atoms with E-state index in [2.05, 4.69) is 11.9 Å². The SMILES string of the molecule is C=CC(=O)NCc1ccc(C(=O)Oc2ccc(OC)cc2)cc1. The topological polar surface area (TPSA) is 64.6 Å². The molecule has 5 nitrogen and oxygen atoms in total. The molecule has 0 aliphatic rings. The number of methoxy groups -OCH3 is 1. The average molecular weight is 311 g/mol. The fourth-order valence-electron chi connectivity index (χ4n) is 1.83. The van der Waals surface area contributed by atoms with Crippen molar-refractivity contribution in [2.75, 3.05) is 7.11 Å². The smallest absolute Gasteiger partial charge is 0.343 e. The van der Waals surface area contributed by atoms with Gasteiger partial charge in [0, 0.05) is 6.54 Å². The molecule has 0 aromatic heterocycles. The Balaban J connectivity index is 1.96. The van der Waals surface area contributed by atoms with Gasteiger partial charge in [-0.15, -0.1) is 0 Å². The molecule has 118 valence electrons. The monoisotopic (exact) mass is 311 g/mol. The lowest BCUT2D eigenvalue weighted by molar-refractivity contribution is -0.116. The Bertz CT molecular complexity index is 690. The molecule has 0 heterocycles. The fraction of sp³-hybridized carbons (Fsp3) is 0.111. The first-order valence-electron chi connectivity index (χ1n) is 6.98. The second kappa shape index (κ2) is 7.79. The average Bonchev–Trinajstić information content (AvgIpc) is 2.60. The molecule has 0 spiro atoms. The first-order valence-corrected chi connectivity index (χ1v) is 6.98. The van der Waals surface area contributed by atoms with Crippen molar-refractivity contribution in [3.05, 3.63) is 72.3 Å². The number of carbonyl (C=O) groups is 2. The molecule has 0 atom stereocenters. The molecule has 0 saturated heterocycles. The van der Waals surface area contributed by atoms with Gasteiger partial charge in [0.15, 0.2) is 0 Å². The summed E-state index contributed by atoms with van der Waals surface area (Å²) in [5, 5.41) is 2.66. The summed E-state index contributed by atoms with van der Waals surface area (Å²) in [6.07, 6.45) is 1.21. The van der Waals surface area contributed by atoms with Crippen LogP contribution in [0.4, 0.5) is 0 Å². The van der Waals surface area contributed by atoms with E-state index in [-0.39, 0.29) is 5.91 Å². The van der Waals surface area contributed by atoms with E-state index in [0.29, 0.717) is 23.6 Å². The van der Waals surface area contributed by atoms with Gasteiger partial charge in [0.2, 0.25) is 5.91 Å². The van der Waals surface area contributed by atoms with Crippen LogP contribution in [0.2, 0.25) is 0 Å². The van der Waals surface area contributed by atoms with E-state index in [0.717, 1.165) is 5.56 Å². The maximum atomic E-state index is 12.1. The minimum Gasteiger partial charge on any atom is -0.497 e. The first-order chi connectivity index (χ1) is 11.1. The molecule has 0 aliphatic carbocycles. The number of carbonyl (C=O) groups excluding carboxylic acids is 2. The number of amides is 1. The zero-order valence-electron chi connectivity index (χ0n) is 12.7. The number of ether oxygens (including phenoxy) is 2. The van der Waals surface area contributed by atoms with Crippen LogP contribution in [0.1, 0.15) is 15.9 Å². The Morgan fingerprint density at radius 2 is 1.65 bits per heavy atom. The third kappa shape index (κ3) is 4.71. The zero-order valence-corrected chi connectivity index (χ0v) is 12.7. The van der Waals surface area contributed by atoms with Crippen molar-refractivity contribution in [2.45, 2.75) is 6.54 Å². The molecule has 23 heavy (non-hydrogen) atoms. The van der Waals surface area contributed by atoms with Gasteiger partial charge in [0.25, 0.3) is 0 Å². The van der Waals surface area contributed by atoms with E-state index >= 15 is 0 Å². The summed E-state index contributed by atoms with van der Waals surface area (Å²) in [6, 6.07) is 13.6. The van der Waals surface area contributed by atoms with Gasteiger partial charge in [-0.25, -0.2) is 4.79 Å². The summed E-state index contributed by atoms with van der Waals surface area (Å²) >= 11 is 0. The molecule has 0 radical (unpaired) electrons. The van der Waals surface area contributed by atoms with Gasteiger partial charge < -0.3 is 14.8 Å². The van der Waals surface area contributed by atoms with Crippen molar-refractivity contribution < 1.29 is 19.1 Å². The highest BCUT2D eigenvalue weighted by atomic mass is 16.5. The number of rotatable bonds is 6. The van der Waals surface area contributed by atoms with E-state index in [1.807, 2.05) is 0 Å². The molecule has 5 heteroatoms. The molecule has 0 fully saturated rings. The highest BCUT2D eigenvalue weighted by Gasteiger charge is 2.08. The molecule has 2 aromatic carbocycles. The van der Waals surface area contributed by atoms with Crippen LogP contribution in [0, 0.1) is 0 Å². The van der Waals surface area contributed by atoms with Gasteiger partial charge in [0.1, 0.15) is 11.5 Å². The number of hydrogen-bond acceptors (Lipinski definition) is 4. The quantitative estimate of drug-likeness (QED) is 0.506. The third-order valence-electron chi connectivity index (χ3n) is 3.11. The summed E-state index contributed by atoms with van der Waals surface area (Å²) in [7, 11) is 1.57. The van der Waals surface area contributed by atoms with E-state index in [9.17, 15) is 9.59 Å². The minimum atomic E-state index is -0.447. The number of hydrogen-bond donors (Lipinski definition) is 1. The summed E-state index contributed by atoms with van der Waals surface area (Å²) in [6.45, 7) is 3.75. The maximum Gasteiger partial charge on any atom is 0.343 e. The standard InChI is InChI=1S/C18H17NO4/c1-3-17(20)19-12-13-4-6-14(7-5-13)18(21)23-16-10-8-15(22-2)9-11-16/h3-11H,1,12H2,2H3,(H,19,20). The van der Waals surface area contributed by atoms with Crippen molar-refractivity contribution in [1.29, 1.82) is 0 Å². The number of esters is 1. The van der Waals surface area contributed by atoms with E-state index < -0.39 is 5.97 Å². The van der Waals surface area contributed by atoms with E-state index in [4.69, 9.17) is 9.47 Å². The van der Waals surface area contributed by atoms with Crippen molar-refractivity contribution in [2.24, 2.45) is 0 Å². The largest absolute Gasteiger partial charge is 0.497 e. The summed E-state index contributed by atoms with van der Waals surface area (Å²) in [5.74, 6) is 0.443. The molecule has 0 unspecified atom stereocenters. The lowest BCUT2D eigenvalue weighted by atomic mass is 10.1. The van der Waals surface area contributed by atoms with Gasteiger partial charge >= 0.3 is 5.97 Å². The Morgan fingerprint density at radius 3 is 2.22 bits per heavy atom. The van der Waals surface area contributed by atoms with Gasteiger partial charge in [-0.1, -0.05) is 18.7 Å². The van der Waals surface area contributed by atoms with Crippen molar-refractivity contribution in [3.63, 3.8) is 0 Å². The van der Waals surface area contributed by atoms with Crippen LogP contribution in [0.15, 0.2) is 61.2 Å². The molecule has 1 N–H and O–H groups in total. The van der Waals surface area contributed by atoms with Crippen LogP contribution in [0.5, 0.6) is 11.5 Å². The van der Waals surface area contributed by atoms with Gasteiger partial charge in [-0.2, -0.15) is 0 Å². The van der Waals surface area contributed by atoms with Crippen LogP contribution >= 0.6 is 0 Å². The van der Waals surface area contributed by atoms with Crippen LogP contribution < -0.4 is 14.8 Å². The van der Waals surface area contributed by atoms with Gasteiger partial charge in [-0.3, -0.25) is 4.79 Å². The second-order valence-electron chi connectivity index (χ2n) is 4.68. The van der Waals surface area contributed by atoms with Crippen LogP contribution in [-0.2, 0) is 11.3 Å². The van der Waals surface area contributed by atoms with Crippen molar-refractivity contribution in [3.8, 4) is 11.5 Å². The van der Waals surface area contributed by atoms with Crippen molar-refractivity contribution in [1.82, 2.24) is 5.32 Å². The molecule has 1 amide bonds. The molecular weight excluding hydrogens is 294 g/mol. The molecule has 0 bridgehead atoms. The molecule has 2 rings (SSSR count). The second-order valence-corrected chi connectivity index (χ2v) is 4.68. The van der Waals surface area contributed by atoms with Crippen molar-refractivity contribution >= 4 is 11.9 Å². The highest BCUT2D eigenvalue weighted by Crippen LogP contribution is 2.18. The van der Waals surface area contributed by atoms with Gasteiger partial charge in [0.05, 0.1) is 12.7 Å². The summed E-state index contributed by atoms with van der Waals surface area (Å²) < 4.78 is 10.3. The fourth-order valence-corrected chi connectivity index (χ4v) is 1.83. The van der Waals surface area contributed by atoms with Crippen LogP contribution in [0.3, 0.4) is 0 Å². The summed E-state index contributed by atoms with van der Waals surface area (Å²) in [5.41, 5.74) is 1.31. The molecule has 0 saturated carbocycles. The molecule has 2 aromatic rings. The minimum absolute atomic E-state index is 0.243. The highest BCUT2D eigenvalue weighted by molar-refractivity contribution is 5.91. The Hall–Kier alpha value is -3.08. The molecule has 0 aliphatic heterocycles. The lowest BCUT2D eigenvalue weighted by Crippen LogP contribution is -2.20. The normalized spacial score (nSPS) is 9.78. The first kappa shape index (κ1) is 16.3. The lowest BCUT2D eigenvalue weighted by Gasteiger charge is -2.07.